The number of nitrogens with one attached hydrogen (secondary N) is 1. The average Bonchev–Trinajstić information content (AvgIpc) is 2.39. The van der Waals surface area contributed by atoms with Gasteiger partial charge in [0.2, 0.25) is 0 Å². The van der Waals surface area contributed by atoms with Crippen molar-refractivity contribution < 1.29 is 9.72 Å². The maximum absolute atomic E-state index is 11.9. The summed E-state index contributed by atoms with van der Waals surface area (Å²) in [5.41, 5.74) is 5.52. The van der Waals surface area contributed by atoms with Gasteiger partial charge in [-0.05, 0) is 6.07 Å². The SMILES string of the molecule is Nc1c(C(=O)Nc2cncnc2)cccc1[N+](=O)[O-]. The Labute approximate surface area is 107 Å². The fraction of sp³-hybridized carbons (Fsp3) is 0. The third-order valence-corrected chi connectivity index (χ3v) is 2.34. The standard InChI is InChI=1S/C11H9N5O3/c12-10-8(2-1-3-9(10)16(18)19)11(17)15-7-4-13-6-14-5-7/h1-6H,12H2,(H,15,17). The van der Waals surface area contributed by atoms with Gasteiger partial charge in [-0.25, -0.2) is 9.97 Å². The van der Waals surface area contributed by atoms with Gasteiger partial charge in [0.25, 0.3) is 11.6 Å². The van der Waals surface area contributed by atoms with Gasteiger partial charge in [0.1, 0.15) is 12.0 Å². The van der Waals surface area contributed by atoms with Gasteiger partial charge in [0.05, 0.1) is 28.6 Å². The molecule has 0 fully saturated rings. The van der Waals surface area contributed by atoms with Crippen LogP contribution in [-0.2, 0) is 0 Å². The third-order valence-electron chi connectivity index (χ3n) is 2.34. The number of hydrogen-bond donors (Lipinski definition) is 2. The van der Waals surface area contributed by atoms with Crippen LogP contribution in [-0.4, -0.2) is 20.8 Å². The molecule has 8 heteroatoms. The topological polar surface area (TPSA) is 124 Å². The zero-order valence-corrected chi connectivity index (χ0v) is 9.61. The first-order valence-corrected chi connectivity index (χ1v) is 5.19. The summed E-state index contributed by atoms with van der Waals surface area (Å²) in [7, 11) is 0. The van der Waals surface area contributed by atoms with Crippen molar-refractivity contribution >= 4 is 23.0 Å². The van der Waals surface area contributed by atoms with Crippen molar-refractivity contribution in [3.8, 4) is 0 Å². The van der Waals surface area contributed by atoms with E-state index >= 15 is 0 Å². The van der Waals surface area contributed by atoms with Crippen LogP contribution in [0.1, 0.15) is 10.4 Å². The quantitative estimate of drug-likeness (QED) is 0.485. The number of nitrogens with two attached hydrogens (primary N) is 1. The molecule has 0 atom stereocenters. The summed E-state index contributed by atoms with van der Waals surface area (Å²) < 4.78 is 0. The smallest absolute Gasteiger partial charge is 0.292 e. The number of aromatic nitrogens is 2. The molecule has 96 valence electrons. The average molecular weight is 259 g/mol. The summed E-state index contributed by atoms with van der Waals surface area (Å²) in [6, 6.07) is 4.03. The van der Waals surface area contributed by atoms with Gasteiger partial charge >= 0.3 is 0 Å². The lowest BCUT2D eigenvalue weighted by Crippen LogP contribution is -2.15. The molecule has 0 aliphatic carbocycles. The van der Waals surface area contributed by atoms with Crippen LogP contribution in [0.5, 0.6) is 0 Å². The Kier molecular flexibility index (Phi) is 3.33. The van der Waals surface area contributed by atoms with Crippen LogP contribution in [0.3, 0.4) is 0 Å². The van der Waals surface area contributed by atoms with Gasteiger partial charge in [0.15, 0.2) is 0 Å². The van der Waals surface area contributed by atoms with E-state index in [4.69, 9.17) is 5.73 Å². The van der Waals surface area contributed by atoms with E-state index in [2.05, 4.69) is 15.3 Å². The Morgan fingerprint density at radius 1 is 1.32 bits per heavy atom. The summed E-state index contributed by atoms with van der Waals surface area (Å²) in [5, 5.41) is 13.2. The van der Waals surface area contributed by atoms with Gasteiger partial charge in [-0.1, -0.05) is 6.07 Å². The van der Waals surface area contributed by atoms with Crippen molar-refractivity contribution in [2.45, 2.75) is 0 Å². The van der Waals surface area contributed by atoms with Crippen LogP contribution >= 0.6 is 0 Å². The monoisotopic (exact) mass is 259 g/mol. The Bertz CT molecular complexity index is 629. The largest absolute Gasteiger partial charge is 0.393 e. The summed E-state index contributed by atoms with van der Waals surface area (Å²) in [6.45, 7) is 0. The van der Waals surface area contributed by atoms with Crippen molar-refractivity contribution in [1.29, 1.82) is 0 Å². The number of nitro benzene ring substituents is 1. The predicted octanol–water partition coefficient (Wildman–Crippen LogP) is 1.22. The number of carbonyl (C=O) groups is 1. The Balaban J connectivity index is 2.30. The van der Waals surface area contributed by atoms with E-state index in [1.165, 1.54) is 36.9 Å². The van der Waals surface area contributed by atoms with Crippen LogP contribution in [0.25, 0.3) is 0 Å². The lowest BCUT2D eigenvalue weighted by Gasteiger charge is -2.06. The van der Waals surface area contributed by atoms with Gasteiger partial charge in [-0.3, -0.25) is 14.9 Å². The van der Waals surface area contributed by atoms with E-state index < -0.39 is 10.8 Å². The molecule has 0 bridgehead atoms. The number of nitrogens with zero attached hydrogens (tertiary/aromatic N) is 3. The second-order valence-corrected chi connectivity index (χ2v) is 3.58. The number of amides is 1. The molecule has 1 aromatic heterocycles. The molecule has 8 nitrogen and oxygen atoms in total. The molecule has 1 aromatic carbocycles. The van der Waals surface area contributed by atoms with Crippen molar-refractivity contribution in [3.63, 3.8) is 0 Å². The molecule has 3 N–H and O–H groups in total. The first-order valence-electron chi connectivity index (χ1n) is 5.19. The molecular formula is C11H9N5O3. The molecular weight excluding hydrogens is 250 g/mol. The minimum atomic E-state index is -0.641. The first kappa shape index (κ1) is 12.4. The number of nitrogen functional groups attached to an aromatic ring is 1. The molecule has 0 saturated heterocycles. The summed E-state index contributed by atoms with van der Waals surface area (Å²) >= 11 is 0. The van der Waals surface area contributed by atoms with Crippen molar-refractivity contribution in [1.82, 2.24) is 9.97 Å². The van der Waals surface area contributed by atoms with Crippen LogP contribution in [0.15, 0.2) is 36.9 Å². The zero-order chi connectivity index (χ0) is 13.8. The third kappa shape index (κ3) is 2.63. The van der Waals surface area contributed by atoms with Gasteiger partial charge in [-0.15, -0.1) is 0 Å². The second kappa shape index (κ2) is 5.08. The number of anilines is 2. The highest BCUT2D eigenvalue weighted by Gasteiger charge is 2.18. The molecule has 0 saturated carbocycles. The highest BCUT2D eigenvalue weighted by atomic mass is 16.6. The Morgan fingerprint density at radius 3 is 2.63 bits per heavy atom. The molecule has 1 heterocycles. The number of benzene rings is 1. The predicted molar refractivity (Wildman–Crippen MR) is 67.5 cm³/mol. The highest BCUT2D eigenvalue weighted by molar-refractivity contribution is 6.08. The van der Waals surface area contributed by atoms with Crippen LogP contribution in [0.4, 0.5) is 17.1 Å². The first-order chi connectivity index (χ1) is 9.09. The van der Waals surface area contributed by atoms with E-state index in [-0.39, 0.29) is 16.9 Å². The van der Waals surface area contributed by atoms with E-state index in [1.807, 2.05) is 0 Å². The molecule has 1 amide bonds. The van der Waals surface area contributed by atoms with E-state index in [0.717, 1.165) is 0 Å². The summed E-state index contributed by atoms with van der Waals surface area (Å²) in [4.78, 5) is 29.5. The maximum atomic E-state index is 11.9. The summed E-state index contributed by atoms with van der Waals surface area (Å²) in [6.07, 6.45) is 4.12. The van der Waals surface area contributed by atoms with Crippen LogP contribution in [0.2, 0.25) is 0 Å². The highest BCUT2D eigenvalue weighted by Crippen LogP contribution is 2.25. The van der Waals surface area contributed by atoms with E-state index in [1.54, 1.807) is 0 Å². The molecule has 2 aromatic rings. The molecule has 0 aliphatic rings. The lowest BCUT2D eigenvalue weighted by atomic mass is 10.1. The number of rotatable bonds is 3. The number of carbonyl (C=O) groups excluding carboxylic acids is 1. The normalized spacial score (nSPS) is 9.89. The minimum absolute atomic E-state index is 0.0260. The Morgan fingerprint density at radius 2 is 2.00 bits per heavy atom. The fourth-order valence-electron chi connectivity index (χ4n) is 1.47. The van der Waals surface area contributed by atoms with Crippen LogP contribution < -0.4 is 11.1 Å². The van der Waals surface area contributed by atoms with Gasteiger partial charge < -0.3 is 11.1 Å². The van der Waals surface area contributed by atoms with E-state index in [0.29, 0.717) is 5.69 Å². The number of nitro groups is 1. The maximum Gasteiger partial charge on any atom is 0.292 e. The van der Waals surface area contributed by atoms with Gasteiger partial charge in [-0.2, -0.15) is 0 Å². The number of hydrogen-bond acceptors (Lipinski definition) is 6. The molecule has 0 aliphatic heterocycles. The molecule has 0 radical (unpaired) electrons. The lowest BCUT2D eigenvalue weighted by molar-refractivity contribution is -0.383. The van der Waals surface area contributed by atoms with E-state index in [9.17, 15) is 14.9 Å². The van der Waals surface area contributed by atoms with Crippen molar-refractivity contribution in [3.05, 3.63) is 52.6 Å². The number of para-hydroxylation sites is 1. The summed E-state index contributed by atoms with van der Waals surface area (Å²) in [5.74, 6) is -0.559. The van der Waals surface area contributed by atoms with Crippen molar-refractivity contribution in [2.24, 2.45) is 0 Å². The molecule has 0 spiro atoms. The van der Waals surface area contributed by atoms with Crippen LogP contribution in [0, 0.1) is 10.1 Å². The molecule has 0 unspecified atom stereocenters. The molecule has 19 heavy (non-hydrogen) atoms. The van der Waals surface area contributed by atoms with Crippen molar-refractivity contribution in [2.75, 3.05) is 11.1 Å². The molecule has 2 rings (SSSR count). The van der Waals surface area contributed by atoms with Gasteiger partial charge in [0, 0.05) is 6.07 Å². The zero-order valence-electron chi connectivity index (χ0n) is 9.61. The minimum Gasteiger partial charge on any atom is -0.393 e. The fourth-order valence-corrected chi connectivity index (χ4v) is 1.47. The Hall–Kier alpha value is -3.03. The second-order valence-electron chi connectivity index (χ2n) is 3.58.